The number of hydrogen-bond acceptors (Lipinski definition) is 1. The third-order valence-corrected chi connectivity index (χ3v) is 1.64. The van der Waals surface area contributed by atoms with E-state index < -0.39 is 0 Å². The standard InChI is InChI=1S/C11H12FN.C2H6/c1-2-3-9-11(13-12)10-7-5-4-6-8-10;1-2/h2-9,13H,1H3;1-2H3/b3-2-,11-9-;. The van der Waals surface area contributed by atoms with Crippen LogP contribution in [0.4, 0.5) is 4.48 Å². The molecule has 82 valence electrons. The number of allylic oxidation sites excluding steroid dienone is 3. The second-order valence-corrected chi connectivity index (χ2v) is 2.57. The van der Waals surface area contributed by atoms with Crippen molar-refractivity contribution >= 4 is 5.70 Å². The lowest BCUT2D eigenvalue weighted by atomic mass is 10.1. The zero-order valence-electron chi connectivity index (χ0n) is 9.50. The Kier molecular flexibility index (Phi) is 8.06. The highest BCUT2D eigenvalue weighted by Crippen LogP contribution is 2.10. The lowest BCUT2D eigenvalue weighted by molar-refractivity contribution is 0.420. The molecule has 0 heterocycles. The highest BCUT2D eigenvalue weighted by Gasteiger charge is 1.96. The summed E-state index contributed by atoms with van der Waals surface area (Å²) in [6, 6.07) is 9.34. The Morgan fingerprint density at radius 2 is 1.80 bits per heavy atom. The SMILES string of the molecule is C/C=C\C=C(/NF)c1ccccc1.CC. The third-order valence-electron chi connectivity index (χ3n) is 1.64. The van der Waals surface area contributed by atoms with Crippen molar-refractivity contribution in [3.63, 3.8) is 0 Å². The monoisotopic (exact) mass is 207 g/mol. The largest absolute Gasteiger partial charge is 0.224 e. The molecule has 0 aliphatic carbocycles. The van der Waals surface area contributed by atoms with Crippen molar-refractivity contribution in [1.82, 2.24) is 5.54 Å². The average molecular weight is 207 g/mol. The Morgan fingerprint density at radius 3 is 2.27 bits per heavy atom. The van der Waals surface area contributed by atoms with E-state index in [1.807, 2.05) is 57.2 Å². The van der Waals surface area contributed by atoms with Gasteiger partial charge in [0.1, 0.15) is 0 Å². The molecule has 1 nitrogen and oxygen atoms in total. The van der Waals surface area contributed by atoms with Crippen LogP contribution in [0.1, 0.15) is 26.3 Å². The van der Waals surface area contributed by atoms with E-state index in [1.165, 1.54) is 0 Å². The molecule has 2 heteroatoms. The van der Waals surface area contributed by atoms with Crippen LogP contribution in [0.3, 0.4) is 0 Å². The Hall–Kier alpha value is -1.57. The normalized spacial score (nSPS) is 10.8. The Balaban J connectivity index is 0.000000921. The molecule has 0 saturated carbocycles. The molecule has 15 heavy (non-hydrogen) atoms. The van der Waals surface area contributed by atoms with Gasteiger partial charge in [-0.25, -0.2) is 5.54 Å². The topological polar surface area (TPSA) is 12.0 Å². The van der Waals surface area contributed by atoms with Crippen LogP contribution < -0.4 is 5.54 Å². The summed E-state index contributed by atoms with van der Waals surface area (Å²) >= 11 is 0. The van der Waals surface area contributed by atoms with Crippen LogP contribution in [-0.4, -0.2) is 0 Å². The van der Waals surface area contributed by atoms with E-state index in [4.69, 9.17) is 0 Å². The lowest BCUT2D eigenvalue weighted by Gasteiger charge is -2.01. The van der Waals surface area contributed by atoms with E-state index in [1.54, 1.807) is 17.7 Å². The minimum absolute atomic E-state index is 0.471. The minimum atomic E-state index is 0.471. The van der Waals surface area contributed by atoms with E-state index in [-0.39, 0.29) is 0 Å². The first-order chi connectivity index (χ1) is 7.38. The van der Waals surface area contributed by atoms with Gasteiger partial charge in [0.05, 0.1) is 5.70 Å². The molecule has 0 radical (unpaired) electrons. The molecule has 0 unspecified atom stereocenters. The first-order valence-corrected chi connectivity index (χ1v) is 5.13. The fraction of sp³-hybridized carbons (Fsp3) is 0.231. The van der Waals surface area contributed by atoms with Crippen molar-refractivity contribution in [3.8, 4) is 0 Å². The van der Waals surface area contributed by atoms with Gasteiger partial charge in [-0.15, -0.1) is 4.48 Å². The first kappa shape index (κ1) is 13.4. The molecule has 0 amide bonds. The average Bonchev–Trinajstić information content (AvgIpc) is 2.34. The molecule has 0 atom stereocenters. The number of benzene rings is 1. The van der Waals surface area contributed by atoms with Crippen LogP contribution in [0.15, 0.2) is 48.6 Å². The van der Waals surface area contributed by atoms with Crippen LogP contribution in [-0.2, 0) is 0 Å². The summed E-state index contributed by atoms with van der Waals surface area (Å²) in [4.78, 5) is 0. The van der Waals surface area contributed by atoms with Gasteiger partial charge in [-0.2, -0.15) is 0 Å². The van der Waals surface area contributed by atoms with E-state index in [0.717, 1.165) is 5.56 Å². The van der Waals surface area contributed by atoms with E-state index in [2.05, 4.69) is 0 Å². The summed E-state index contributed by atoms with van der Waals surface area (Å²) in [5, 5.41) is 0. The van der Waals surface area contributed by atoms with Crippen molar-refractivity contribution in [2.75, 3.05) is 0 Å². The Morgan fingerprint density at radius 1 is 1.20 bits per heavy atom. The third kappa shape index (κ3) is 5.01. The second-order valence-electron chi connectivity index (χ2n) is 2.57. The molecule has 0 aromatic heterocycles. The van der Waals surface area contributed by atoms with Crippen molar-refractivity contribution in [2.45, 2.75) is 20.8 Å². The van der Waals surface area contributed by atoms with E-state index in [0.29, 0.717) is 5.70 Å². The highest BCUT2D eigenvalue weighted by molar-refractivity contribution is 5.64. The van der Waals surface area contributed by atoms with Crippen LogP contribution in [0.5, 0.6) is 0 Å². The molecular weight excluding hydrogens is 189 g/mol. The second kappa shape index (κ2) is 9.00. The van der Waals surface area contributed by atoms with Gasteiger partial charge in [0.2, 0.25) is 0 Å². The van der Waals surface area contributed by atoms with Gasteiger partial charge in [0.15, 0.2) is 0 Å². The van der Waals surface area contributed by atoms with Gasteiger partial charge in [-0.3, -0.25) is 0 Å². The van der Waals surface area contributed by atoms with E-state index in [9.17, 15) is 4.48 Å². The quantitative estimate of drug-likeness (QED) is 0.581. The Labute approximate surface area is 91.3 Å². The predicted molar refractivity (Wildman–Crippen MR) is 64.8 cm³/mol. The minimum Gasteiger partial charge on any atom is -0.224 e. The van der Waals surface area contributed by atoms with Gasteiger partial charge in [-0.05, 0) is 13.0 Å². The number of hydrogen-bond donors (Lipinski definition) is 1. The molecule has 1 rings (SSSR count). The van der Waals surface area contributed by atoms with Crippen LogP contribution in [0.25, 0.3) is 5.70 Å². The molecule has 1 aromatic rings. The zero-order valence-corrected chi connectivity index (χ0v) is 9.50. The molecular formula is C13H18FN. The maximum Gasteiger partial charge on any atom is 0.0727 e. The summed E-state index contributed by atoms with van der Waals surface area (Å²) in [5.41, 5.74) is 2.97. The van der Waals surface area contributed by atoms with Crippen molar-refractivity contribution < 1.29 is 4.48 Å². The van der Waals surface area contributed by atoms with Gasteiger partial charge >= 0.3 is 0 Å². The van der Waals surface area contributed by atoms with Gasteiger partial charge in [0.25, 0.3) is 0 Å². The number of nitrogens with one attached hydrogen (secondary N) is 1. The summed E-state index contributed by atoms with van der Waals surface area (Å²) in [5.74, 6) is 0. The summed E-state index contributed by atoms with van der Waals surface area (Å²) in [6.07, 6.45) is 5.32. The number of halogens is 1. The fourth-order valence-corrected chi connectivity index (χ4v) is 0.992. The van der Waals surface area contributed by atoms with Crippen molar-refractivity contribution in [2.24, 2.45) is 0 Å². The maximum absolute atomic E-state index is 12.3. The molecule has 1 aromatic carbocycles. The lowest BCUT2D eigenvalue weighted by Crippen LogP contribution is -1.98. The molecule has 0 aliphatic rings. The molecule has 1 N–H and O–H groups in total. The number of rotatable bonds is 3. The molecule has 0 spiro atoms. The Bertz CT molecular complexity index is 302. The van der Waals surface area contributed by atoms with Crippen molar-refractivity contribution in [1.29, 1.82) is 0 Å². The molecule has 0 fully saturated rings. The predicted octanol–water partition coefficient (Wildman–Crippen LogP) is 4.10. The molecule has 0 saturated heterocycles. The summed E-state index contributed by atoms with van der Waals surface area (Å²) < 4.78 is 12.3. The van der Waals surface area contributed by atoms with Gasteiger partial charge in [-0.1, -0.05) is 56.3 Å². The summed E-state index contributed by atoms with van der Waals surface area (Å²) in [7, 11) is 0. The van der Waals surface area contributed by atoms with E-state index >= 15 is 0 Å². The van der Waals surface area contributed by atoms with Crippen LogP contribution in [0, 0.1) is 0 Å². The molecule has 0 aliphatic heterocycles. The summed E-state index contributed by atoms with van der Waals surface area (Å²) in [6.45, 7) is 5.89. The maximum atomic E-state index is 12.3. The van der Waals surface area contributed by atoms with Crippen molar-refractivity contribution in [3.05, 3.63) is 54.1 Å². The first-order valence-electron chi connectivity index (χ1n) is 5.13. The fourth-order valence-electron chi connectivity index (χ4n) is 0.992. The zero-order chi connectivity index (χ0) is 11.5. The van der Waals surface area contributed by atoms with Crippen LogP contribution in [0.2, 0.25) is 0 Å². The molecule has 0 bridgehead atoms. The highest BCUT2D eigenvalue weighted by atomic mass is 19.2. The van der Waals surface area contributed by atoms with Gasteiger partial charge in [0, 0.05) is 5.56 Å². The van der Waals surface area contributed by atoms with Gasteiger partial charge < -0.3 is 0 Å². The smallest absolute Gasteiger partial charge is 0.0727 e. The van der Waals surface area contributed by atoms with Crippen LogP contribution >= 0.6 is 0 Å².